The van der Waals surface area contributed by atoms with E-state index in [9.17, 15) is 0 Å². The number of aromatic nitrogens is 1. The third kappa shape index (κ3) is 4.24. The first-order valence-electron chi connectivity index (χ1n) is 6.35. The van der Waals surface area contributed by atoms with Crippen LogP contribution in [0.5, 0.6) is 0 Å². The van der Waals surface area contributed by atoms with Gasteiger partial charge in [-0.1, -0.05) is 23.7 Å². The number of anilines is 1. The number of nitrogens with zero attached hydrogens (tertiary/aromatic N) is 2. The molecule has 0 spiro atoms. The van der Waals surface area contributed by atoms with Crippen LogP contribution < -0.4 is 10.7 Å². The van der Waals surface area contributed by atoms with Crippen molar-refractivity contribution in [2.75, 3.05) is 5.32 Å². The number of thiocarbonyl (C=S) groups is 1. The Morgan fingerprint density at radius 2 is 2.05 bits per heavy atom. The molecular weight excluding hydrogens is 304 g/mol. The van der Waals surface area contributed by atoms with Crippen LogP contribution >= 0.6 is 23.8 Å². The molecule has 21 heavy (non-hydrogen) atoms. The second kappa shape index (κ2) is 7.15. The van der Waals surface area contributed by atoms with Gasteiger partial charge in [0.15, 0.2) is 5.11 Å². The van der Waals surface area contributed by atoms with Gasteiger partial charge < -0.3 is 5.32 Å². The first-order valence-corrected chi connectivity index (χ1v) is 7.14. The minimum absolute atomic E-state index is 0.399. The van der Waals surface area contributed by atoms with E-state index < -0.39 is 0 Å². The molecule has 1 heterocycles. The molecule has 0 saturated heterocycles. The van der Waals surface area contributed by atoms with Crippen LogP contribution in [0.25, 0.3) is 0 Å². The van der Waals surface area contributed by atoms with Crippen molar-refractivity contribution in [2.24, 2.45) is 5.10 Å². The Bertz CT molecular complexity index is 671. The fraction of sp³-hybridized carbons (Fsp3) is 0.133. The first-order chi connectivity index (χ1) is 10.1. The Balaban J connectivity index is 2.01. The maximum atomic E-state index is 6.07. The van der Waals surface area contributed by atoms with Crippen LogP contribution in [0.1, 0.15) is 18.2 Å². The molecule has 2 N–H and O–H groups in total. The van der Waals surface area contributed by atoms with Gasteiger partial charge in [-0.05, 0) is 55.9 Å². The number of benzene rings is 1. The number of hydrogen-bond acceptors (Lipinski definition) is 3. The van der Waals surface area contributed by atoms with E-state index in [4.69, 9.17) is 23.8 Å². The number of rotatable bonds is 3. The highest BCUT2D eigenvalue weighted by atomic mass is 35.5. The molecule has 0 fully saturated rings. The molecule has 0 aliphatic heterocycles. The van der Waals surface area contributed by atoms with E-state index in [1.54, 1.807) is 6.20 Å². The maximum absolute atomic E-state index is 6.07. The zero-order valence-electron chi connectivity index (χ0n) is 11.7. The summed E-state index contributed by atoms with van der Waals surface area (Å²) in [4.78, 5) is 4.21. The molecule has 0 aliphatic rings. The molecular formula is C15H15ClN4S. The van der Waals surface area contributed by atoms with Crippen molar-refractivity contribution in [2.45, 2.75) is 13.8 Å². The number of pyridine rings is 1. The van der Waals surface area contributed by atoms with E-state index in [1.165, 1.54) is 0 Å². The van der Waals surface area contributed by atoms with Crippen molar-refractivity contribution in [3.63, 3.8) is 0 Å². The van der Waals surface area contributed by atoms with Crippen molar-refractivity contribution in [3.8, 4) is 0 Å². The second-order valence-corrected chi connectivity index (χ2v) is 5.21. The van der Waals surface area contributed by atoms with Gasteiger partial charge in [-0.15, -0.1) is 0 Å². The Hall–Kier alpha value is -1.98. The summed E-state index contributed by atoms with van der Waals surface area (Å²) in [6, 6.07) is 11.3. The Morgan fingerprint density at radius 1 is 1.24 bits per heavy atom. The molecule has 2 rings (SSSR count). The lowest BCUT2D eigenvalue weighted by Gasteiger charge is -2.11. The van der Waals surface area contributed by atoms with E-state index in [2.05, 4.69) is 20.8 Å². The maximum Gasteiger partial charge on any atom is 0.191 e. The molecule has 0 radical (unpaired) electrons. The third-order valence-electron chi connectivity index (χ3n) is 2.88. The number of hydrazone groups is 1. The van der Waals surface area contributed by atoms with Gasteiger partial charge in [-0.2, -0.15) is 5.10 Å². The quantitative estimate of drug-likeness (QED) is 0.514. The summed E-state index contributed by atoms with van der Waals surface area (Å²) in [6.45, 7) is 3.79. The van der Waals surface area contributed by atoms with Crippen LogP contribution in [0.3, 0.4) is 0 Å². The number of halogens is 1. The van der Waals surface area contributed by atoms with Gasteiger partial charge >= 0.3 is 0 Å². The highest BCUT2D eigenvalue weighted by Crippen LogP contribution is 2.22. The zero-order chi connectivity index (χ0) is 15.2. The molecule has 0 saturated carbocycles. The molecule has 2 aromatic rings. The highest BCUT2D eigenvalue weighted by molar-refractivity contribution is 7.80. The monoisotopic (exact) mass is 318 g/mol. The van der Waals surface area contributed by atoms with Crippen LogP contribution in [0.4, 0.5) is 5.69 Å². The molecule has 1 aromatic heterocycles. The van der Waals surface area contributed by atoms with Crippen molar-refractivity contribution >= 4 is 40.3 Å². The predicted molar refractivity (Wildman–Crippen MR) is 92.0 cm³/mol. The summed E-state index contributed by atoms with van der Waals surface area (Å²) in [5.41, 5.74) is 6.14. The number of hydrogen-bond donors (Lipinski definition) is 2. The molecule has 108 valence electrons. The normalized spacial score (nSPS) is 11.1. The molecule has 0 unspecified atom stereocenters. The van der Waals surface area contributed by atoms with Gasteiger partial charge in [-0.3, -0.25) is 10.4 Å². The van der Waals surface area contributed by atoms with E-state index in [-0.39, 0.29) is 0 Å². The Labute approximate surface area is 134 Å². The predicted octanol–water partition coefficient (Wildman–Crippen LogP) is 3.75. The van der Waals surface area contributed by atoms with Crippen LogP contribution in [-0.4, -0.2) is 15.8 Å². The van der Waals surface area contributed by atoms with Crippen LogP contribution in [0.2, 0.25) is 5.02 Å². The largest absolute Gasteiger partial charge is 0.331 e. The first kappa shape index (κ1) is 15.4. The Morgan fingerprint density at radius 3 is 2.76 bits per heavy atom. The van der Waals surface area contributed by atoms with Gasteiger partial charge in [0, 0.05) is 16.9 Å². The molecule has 4 nitrogen and oxygen atoms in total. The molecule has 0 bridgehead atoms. The van der Waals surface area contributed by atoms with Gasteiger partial charge in [0.05, 0.1) is 11.4 Å². The topological polar surface area (TPSA) is 49.3 Å². The lowest BCUT2D eigenvalue weighted by atomic mass is 10.2. The summed E-state index contributed by atoms with van der Waals surface area (Å²) in [5, 5.41) is 8.37. The summed E-state index contributed by atoms with van der Waals surface area (Å²) in [7, 11) is 0. The molecule has 6 heteroatoms. The van der Waals surface area contributed by atoms with Gasteiger partial charge in [0.25, 0.3) is 0 Å². The van der Waals surface area contributed by atoms with Crippen molar-refractivity contribution in [3.05, 3.63) is 58.9 Å². The van der Waals surface area contributed by atoms with Gasteiger partial charge in [0.2, 0.25) is 0 Å². The minimum atomic E-state index is 0.399. The SMILES string of the molecule is C/C(=N/NC(=S)Nc1cccc(Cl)c1C)c1ccccn1. The van der Waals surface area contributed by atoms with Crippen LogP contribution in [0.15, 0.2) is 47.7 Å². The van der Waals surface area contributed by atoms with Gasteiger partial charge in [0.1, 0.15) is 0 Å². The molecule has 1 aromatic carbocycles. The lowest BCUT2D eigenvalue weighted by molar-refractivity contribution is 1.03. The number of nitrogens with one attached hydrogen (secondary N) is 2. The van der Waals surface area contributed by atoms with Crippen molar-refractivity contribution < 1.29 is 0 Å². The van der Waals surface area contributed by atoms with Crippen molar-refractivity contribution in [1.29, 1.82) is 0 Å². The fourth-order valence-electron chi connectivity index (χ4n) is 1.66. The minimum Gasteiger partial charge on any atom is -0.331 e. The molecule has 0 atom stereocenters. The Kier molecular flexibility index (Phi) is 5.25. The van der Waals surface area contributed by atoms with E-state index >= 15 is 0 Å². The summed E-state index contributed by atoms with van der Waals surface area (Å²) < 4.78 is 0. The van der Waals surface area contributed by atoms with Gasteiger partial charge in [-0.25, -0.2) is 0 Å². The van der Waals surface area contributed by atoms with E-state index in [0.29, 0.717) is 10.1 Å². The second-order valence-electron chi connectivity index (χ2n) is 4.39. The molecule has 0 aliphatic carbocycles. The van der Waals surface area contributed by atoms with Crippen LogP contribution in [-0.2, 0) is 0 Å². The lowest BCUT2D eigenvalue weighted by Crippen LogP contribution is -2.25. The van der Waals surface area contributed by atoms with E-state index in [0.717, 1.165) is 22.7 Å². The van der Waals surface area contributed by atoms with E-state index in [1.807, 2.05) is 50.2 Å². The average molecular weight is 319 g/mol. The van der Waals surface area contributed by atoms with Crippen LogP contribution in [0, 0.1) is 6.92 Å². The highest BCUT2D eigenvalue weighted by Gasteiger charge is 2.04. The summed E-state index contributed by atoms with van der Waals surface area (Å²) in [6.07, 6.45) is 1.72. The average Bonchev–Trinajstić information content (AvgIpc) is 2.50. The third-order valence-corrected chi connectivity index (χ3v) is 3.48. The zero-order valence-corrected chi connectivity index (χ0v) is 13.3. The standard InChI is InChI=1S/C15H15ClN4S/c1-10-12(16)6-5-8-13(10)18-15(21)20-19-11(2)14-7-3-4-9-17-14/h3-9H,1-2H3,(H2,18,20,21)/b19-11-. The summed E-state index contributed by atoms with van der Waals surface area (Å²) >= 11 is 11.3. The van der Waals surface area contributed by atoms with Crippen molar-refractivity contribution in [1.82, 2.24) is 10.4 Å². The molecule has 0 amide bonds. The smallest absolute Gasteiger partial charge is 0.191 e. The fourth-order valence-corrected chi connectivity index (χ4v) is 1.99. The summed E-state index contributed by atoms with van der Waals surface area (Å²) in [5.74, 6) is 0.